The molecule has 0 heterocycles. The number of rotatable bonds is 4. The van der Waals surface area contributed by atoms with E-state index >= 15 is 4.39 Å². The smallest absolute Gasteiger partial charge is 0.157 e. The fraction of sp³-hybridized carbons (Fsp3) is 0.387. The number of benzene rings is 3. The fourth-order valence-electron chi connectivity index (χ4n) is 4.08. The lowest BCUT2D eigenvalue weighted by molar-refractivity contribution is 0.554. The number of hydrogen-bond donors (Lipinski definition) is 0. The van der Waals surface area contributed by atoms with Gasteiger partial charge < -0.3 is 0 Å². The highest BCUT2D eigenvalue weighted by molar-refractivity contribution is 7.89. The molecule has 0 amide bonds. The van der Waals surface area contributed by atoms with Gasteiger partial charge in [0.25, 0.3) is 5.29 Å². The summed E-state index contributed by atoms with van der Waals surface area (Å²) in [6.45, 7) is 20.3. The van der Waals surface area contributed by atoms with Crippen molar-refractivity contribution in [2.45, 2.75) is 78.6 Å². The van der Waals surface area contributed by atoms with E-state index in [1.807, 2.05) is 36.4 Å². The number of hydrogen-bond acceptors (Lipinski definition) is 0. The highest BCUT2D eigenvalue weighted by Crippen LogP contribution is 2.40. The van der Waals surface area contributed by atoms with Crippen LogP contribution >= 0.6 is 16.1 Å². The molecule has 1 unspecified atom stereocenters. The summed E-state index contributed by atoms with van der Waals surface area (Å²) in [5.41, 5.74) is 3.75. The van der Waals surface area contributed by atoms with Crippen molar-refractivity contribution in [2.75, 3.05) is 0 Å². The summed E-state index contributed by atoms with van der Waals surface area (Å²) in [6.07, 6.45) is 0. The van der Waals surface area contributed by atoms with Crippen molar-refractivity contribution in [3.8, 4) is 0 Å². The van der Waals surface area contributed by atoms with Gasteiger partial charge in [0.15, 0.2) is 10.6 Å². The Kier molecular flexibility index (Phi) is 7.92. The Morgan fingerprint density at radius 3 is 1.32 bits per heavy atom. The maximum atomic E-state index is 16.6. The zero-order valence-corrected chi connectivity index (χ0v) is 24.1. The lowest BCUT2D eigenvalue weighted by Crippen LogP contribution is -2.30. The van der Waals surface area contributed by atoms with Crippen LogP contribution in [-0.4, -0.2) is 5.29 Å². The Morgan fingerprint density at radius 1 is 0.618 bits per heavy atom. The van der Waals surface area contributed by atoms with E-state index < -0.39 is 7.55 Å². The molecule has 0 N–H and O–H groups in total. The van der Waals surface area contributed by atoms with Gasteiger partial charge in [0.1, 0.15) is 0 Å². The predicted molar refractivity (Wildman–Crippen MR) is 156 cm³/mol. The van der Waals surface area contributed by atoms with E-state index in [4.69, 9.17) is 0 Å². The molecule has 1 atom stereocenters. The maximum absolute atomic E-state index is 16.6. The van der Waals surface area contributed by atoms with Gasteiger partial charge in [0, 0.05) is 8.58 Å². The van der Waals surface area contributed by atoms with Crippen LogP contribution in [0.1, 0.15) is 79.0 Å². The Hall–Kier alpha value is -1.81. The van der Waals surface area contributed by atoms with E-state index in [9.17, 15) is 0 Å². The first-order chi connectivity index (χ1) is 15.7. The normalized spacial score (nSPS) is 12.9. The van der Waals surface area contributed by atoms with Gasteiger partial charge in [0.05, 0.1) is 0 Å². The first-order valence-electron chi connectivity index (χ1n) is 12.1. The van der Waals surface area contributed by atoms with Crippen molar-refractivity contribution in [3.05, 3.63) is 89.5 Å². The summed E-state index contributed by atoms with van der Waals surface area (Å²) >= 11 is 0. The van der Waals surface area contributed by atoms with Gasteiger partial charge in [-0.1, -0.05) is 111 Å². The quantitative estimate of drug-likeness (QED) is 0.322. The highest BCUT2D eigenvalue weighted by atomic mass is 31.1. The van der Waals surface area contributed by atoms with Crippen LogP contribution in [0.3, 0.4) is 0 Å². The van der Waals surface area contributed by atoms with Crippen LogP contribution in [0, 0.1) is 0 Å². The molecule has 0 bridgehead atoms. The van der Waals surface area contributed by atoms with Gasteiger partial charge in [-0.2, -0.15) is 4.39 Å². The van der Waals surface area contributed by atoms with Crippen molar-refractivity contribution in [1.29, 1.82) is 0 Å². The molecular formula is C31H40FP2+. The molecule has 0 saturated carbocycles. The highest BCUT2D eigenvalue weighted by Gasteiger charge is 2.33. The molecule has 0 aliphatic rings. The lowest BCUT2D eigenvalue weighted by atomic mass is 9.75. The molecule has 0 aliphatic carbocycles. The molecule has 0 aliphatic heterocycles. The molecule has 0 radical (unpaired) electrons. The van der Waals surface area contributed by atoms with E-state index in [1.54, 1.807) is 0 Å². The van der Waals surface area contributed by atoms with Crippen LogP contribution in [0.4, 0.5) is 4.39 Å². The number of halogens is 1. The predicted octanol–water partition coefficient (Wildman–Crippen LogP) is 8.07. The molecule has 0 aromatic heterocycles. The SMILES string of the molecule is CC(C)(C)c1cc(C(C)(C)C)c(PC(F)=[P+](c2ccccc2)c2ccccc2)c(C(C)(C)C)c1. The molecule has 0 spiro atoms. The third kappa shape index (κ3) is 6.24. The Balaban J connectivity index is 2.32. The fourth-order valence-corrected chi connectivity index (χ4v) is 8.70. The van der Waals surface area contributed by atoms with Crippen LogP contribution < -0.4 is 15.9 Å². The van der Waals surface area contributed by atoms with Crippen molar-refractivity contribution in [3.63, 3.8) is 0 Å². The van der Waals surface area contributed by atoms with Crippen molar-refractivity contribution < 1.29 is 4.39 Å². The van der Waals surface area contributed by atoms with Crippen LogP contribution in [0.25, 0.3) is 0 Å². The summed E-state index contributed by atoms with van der Waals surface area (Å²) in [6, 6.07) is 25.0. The Bertz CT molecular complexity index is 1080. The molecule has 180 valence electrons. The van der Waals surface area contributed by atoms with E-state index in [0.717, 1.165) is 10.6 Å². The molecule has 0 fully saturated rings. The Morgan fingerprint density at radius 2 is 1.00 bits per heavy atom. The molecule has 3 aromatic rings. The van der Waals surface area contributed by atoms with Gasteiger partial charge in [-0.25, -0.2) is 0 Å². The first-order valence-corrected chi connectivity index (χ1v) is 14.4. The summed E-state index contributed by atoms with van der Waals surface area (Å²) in [7, 11) is -1.19. The minimum absolute atomic E-state index is 0.0130. The average molecular weight is 494 g/mol. The van der Waals surface area contributed by atoms with Gasteiger partial charge in [-0.05, 0) is 62.5 Å². The van der Waals surface area contributed by atoms with Crippen molar-refractivity contribution >= 4 is 37.3 Å². The average Bonchev–Trinajstić information content (AvgIpc) is 2.73. The van der Waals surface area contributed by atoms with E-state index in [1.165, 1.54) is 22.0 Å². The van der Waals surface area contributed by atoms with Gasteiger partial charge in [0.2, 0.25) is 7.55 Å². The first kappa shape index (κ1) is 26.8. The third-order valence-corrected chi connectivity index (χ3v) is 10.1. The van der Waals surface area contributed by atoms with Crippen LogP contribution in [0.2, 0.25) is 0 Å². The molecule has 3 rings (SSSR count). The van der Waals surface area contributed by atoms with E-state index in [0.29, 0.717) is 0 Å². The van der Waals surface area contributed by atoms with Crippen LogP contribution in [0.15, 0.2) is 72.8 Å². The Labute approximate surface area is 209 Å². The molecular weight excluding hydrogens is 453 g/mol. The summed E-state index contributed by atoms with van der Waals surface area (Å²) in [4.78, 5) is 0. The minimum atomic E-state index is -1.20. The zero-order valence-electron chi connectivity index (χ0n) is 22.3. The monoisotopic (exact) mass is 493 g/mol. The van der Waals surface area contributed by atoms with E-state index in [2.05, 4.69) is 98.7 Å². The van der Waals surface area contributed by atoms with E-state index in [-0.39, 0.29) is 30.1 Å². The molecule has 34 heavy (non-hydrogen) atoms. The summed E-state index contributed by atoms with van der Waals surface area (Å²) in [5.74, 6) is 0. The molecule has 3 heteroatoms. The van der Waals surface area contributed by atoms with Gasteiger partial charge >= 0.3 is 0 Å². The second-order valence-corrected chi connectivity index (χ2v) is 15.8. The molecule has 0 saturated heterocycles. The lowest BCUT2D eigenvalue weighted by Gasteiger charge is -2.33. The maximum Gasteiger partial charge on any atom is 0.296 e. The van der Waals surface area contributed by atoms with Crippen molar-refractivity contribution in [1.82, 2.24) is 0 Å². The van der Waals surface area contributed by atoms with Gasteiger partial charge in [-0.15, -0.1) is 0 Å². The standard InChI is InChI=1S/C31H40FP2/c1-29(2,3)22-20-25(30(4,5)6)27(26(21-22)31(7,8)9)33-28(32)34(23-16-12-10-13-17-23)24-18-14-11-15-19-24/h10-21,33H,1-9H3/q+1. The minimum Gasteiger partial charge on any atom is -0.157 e. The zero-order chi connectivity index (χ0) is 25.3. The summed E-state index contributed by atoms with van der Waals surface area (Å²) < 4.78 is 16.6. The van der Waals surface area contributed by atoms with Crippen molar-refractivity contribution in [2.24, 2.45) is 0 Å². The largest absolute Gasteiger partial charge is 0.296 e. The molecule has 0 nitrogen and oxygen atoms in total. The van der Waals surface area contributed by atoms with Crippen LogP contribution in [-0.2, 0) is 16.2 Å². The third-order valence-electron chi connectivity index (χ3n) is 6.07. The second-order valence-electron chi connectivity index (χ2n) is 12.1. The second kappa shape index (κ2) is 10.0. The van der Waals surface area contributed by atoms with Gasteiger partial charge in [-0.3, -0.25) is 0 Å². The van der Waals surface area contributed by atoms with Crippen LogP contribution in [0.5, 0.6) is 0 Å². The molecule has 3 aromatic carbocycles. The summed E-state index contributed by atoms with van der Waals surface area (Å²) in [5, 5.41) is 3.40. The topological polar surface area (TPSA) is 0 Å².